The minimum absolute atomic E-state index is 0.601. The maximum atomic E-state index is 5.16. The number of hydrogen-bond donors (Lipinski definition) is 1. The zero-order valence-electron chi connectivity index (χ0n) is 10.4. The topological polar surface area (TPSA) is 12.0 Å². The van der Waals surface area contributed by atoms with Crippen molar-refractivity contribution in [3.05, 3.63) is 35.9 Å². The third-order valence-electron chi connectivity index (χ3n) is 2.07. The predicted molar refractivity (Wildman–Crippen MR) is 78.2 cm³/mol. The molecular weight excluding hydrogens is 226 g/mol. The van der Waals surface area contributed by atoms with Crippen molar-refractivity contribution < 1.29 is 0 Å². The second-order valence-corrected chi connectivity index (χ2v) is 5.56. The van der Waals surface area contributed by atoms with Crippen molar-refractivity contribution in [1.82, 2.24) is 5.32 Å². The maximum Gasteiger partial charge on any atom is 0.0576 e. The molecule has 0 radical (unpaired) electrons. The van der Waals surface area contributed by atoms with Gasteiger partial charge < -0.3 is 5.32 Å². The van der Waals surface area contributed by atoms with Crippen LogP contribution in [0, 0.1) is 12.3 Å². The van der Waals surface area contributed by atoms with Gasteiger partial charge in [-0.25, -0.2) is 0 Å². The molecule has 0 atom stereocenters. The van der Waals surface area contributed by atoms with Crippen LogP contribution in [0.15, 0.2) is 35.2 Å². The van der Waals surface area contributed by atoms with Crippen LogP contribution in [-0.4, -0.2) is 18.3 Å². The van der Waals surface area contributed by atoms with Crippen molar-refractivity contribution in [2.24, 2.45) is 0 Å². The molecule has 0 aromatic heterocycles. The normalized spacial score (nSPS) is 10.9. The Morgan fingerprint density at radius 3 is 2.88 bits per heavy atom. The number of rotatable bonds is 6. The van der Waals surface area contributed by atoms with E-state index >= 15 is 0 Å². The van der Waals surface area contributed by atoms with E-state index < -0.39 is 0 Å². The van der Waals surface area contributed by atoms with Gasteiger partial charge in [-0.15, -0.1) is 18.2 Å². The molecule has 1 nitrogen and oxygen atoms in total. The van der Waals surface area contributed by atoms with Gasteiger partial charge in [-0.05, 0) is 11.6 Å². The monoisotopic (exact) mass is 245 g/mol. The van der Waals surface area contributed by atoms with Gasteiger partial charge in [0.25, 0.3) is 0 Å². The summed E-state index contributed by atoms with van der Waals surface area (Å²) in [7, 11) is 0. The van der Waals surface area contributed by atoms with E-state index in [4.69, 9.17) is 6.42 Å². The molecule has 0 aliphatic heterocycles. The van der Waals surface area contributed by atoms with Crippen LogP contribution >= 0.6 is 11.8 Å². The first-order valence-corrected chi connectivity index (χ1v) is 6.68. The van der Waals surface area contributed by atoms with Gasteiger partial charge in [0, 0.05) is 16.7 Å². The summed E-state index contributed by atoms with van der Waals surface area (Å²) in [6, 6.07) is 8.46. The van der Waals surface area contributed by atoms with Crippen LogP contribution in [0.1, 0.15) is 19.4 Å². The van der Waals surface area contributed by atoms with Gasteiger partial charge in [0.15, 0.2) is 0 Å². The lowest BCUT2D eigenvalue weighted by Gasteiger charge is -2.08. The van der Waals surface area contributed by atoms with Gasteiger partial charge in [0.05, 0.1) is 6.54 Å². The number of hydrogen-bond acceptors (Lipinski definition) is 2. The summed E-state index contributed by atoms with van der Waals surface area (Å²) in [6.07, 6.45) is 9.42. The van der Waals surface area contributed by atoms with Gasteiger partial charge in [-0.2, -0.15) is 0 Å². The first-order valence-electron chi connectivity index (χ1n) is 5.80. The van der Waals surface area contributed by atoms with Crippen molar-refractivity contribution in [1.29, 1.82) is 0 Å². The molecule has 1 aromatic carbocycles. The summed E-state index contributed by atoms with van der Waals surface area (Å²) in [6.45, 7) is 5.84. The highest BCUT2D eigenvalue weighted by Crippen LogP contribution is 2.27. The molecule has 1 rings (SSSR count). The molecule has 17 heavy (non-hydrogen) atoms. The highest BCUT2D eigenvalue weighted by atomic mass is 32.2. The Balaban J connectivity index is 2.60. The largest absolute Gasteiger partial charge is 0.303 e. The Morgan fingerprint density at radius 1 is 1.41 bits per heavy atom. The van der Waals surface area contributed by atoms with Crippen molar-refractivity contribution in [2.75, 3.05) is 13.1 Å². The molecular formula is C15H19NS. The molecule has 1 aromatic rings. The van der Waals surface area contributed by atoms with Crippen LogP contribution in [0.2, 0.25) is 0 Å². The van der Waals surface area contributed by atoms with Crippen LogP contribution in [0.4, 0.5) is 0 Å². The lowest BCUT2D eigenvalue weighted by atomic mass is 10.2. The number of benzene rings is 1. The van der Waals surface area contributed by atoms with Crippen LogP contribution in [0.25, 0.3) is 6.08 Å². The van der Waals surface area contributed by atoms with Gasteiger partial charge in [-0.3, -0.25) is 0 Å². The second kappa shape index (κ2) is 8.00. The summed E-state index contributed by atoms with van der Waals surface area (Å²) in [5, 5.41) is 3.74. The van der Waals surface area contributed by atoms with Crippen LogP contribution < -0.4 is 5.32 Å². The molecule has 0 fully saturated rings. The average Bonchev–Trinajstić information content (AvgIpc) is 2.30. The molecule has 0 aliphatic carbocycles. The first kappa shape index (κ1) is 13.9. The van der Waals surface area contributed by atoms with E-state index in [2.05, 4.69) is 61.5 Å². The molecule has 0 amide bonds. The van der Waals surface area contributed by atoms with Gasteiger partial charge in [0.2, 0.25) is 0 Å². The molecule has 1 N–H and O–H groups in total. The minimum Gasteiger partial charge on any atom is -0.303 e. The fourth-order valence-corrected chi connectivity index (χ4v) is 2.33. The average molecular weight is 245 g/mol. The minimum atomic E-state index is 0.601. The van der Waals surface area contributed by atoms with E-state index in [0.717, 1.165) is 6.54 Å². The van der Waals surface area contributed by atoms with E-state index in [1.165, 1.54) is 10.5 Å². The van der Waals surface area contributed by atoms with Crippen molar-refractivity contribution in [2.45, 2.75) is 24.0 Å². The van der Waals surface area contributed by atoms with Crippen molar-refractivity contribution >= 4 is 17.8 Å². The van der Waals surface area contributed by atoms with E-state index in [1.54, 1.807) is 0 Å². The zero-order valence-corrected chi connectivity index (χ0v) is 11.3. The summed E-state index contributed by atoms with van der Waals surface area (Å²) in [4.78, 5) is 1.33. The summed E-state index contributed by atoms with van der Waals surface area (Å²) in [5.41, 5.74) is 1.27. The SMILES string of the molecule is C#CCNC/C=C/c1ccccc1SC(C)C. The molecule has 0 spiro atoms. The Hall–Kier alpha value is -1.17. The summed E-state index contributed by atoms with van der Waals surface area (Å²) < 4.78 is 0. The smallest absolute Gasteiger partial charge is 0.0576 e. The van der Waals surface area contributed by atoms with Crippen LogP contribution in [-0.2, 0) is 0 Å². The zero-order chi connectivity index (χ0) is 12.5. The first-order chi connectivity index (χ1) is 8.24. The highest BCUT2D eigenvalue weighted by Gasteiger charge is 2.01. The molecule has 90 valence electrons. The van der Waals surface area contributed by atoms with Gasteiger partial charge in [0.1, 0.15) is 0 Å². The fourth-order valence-electron chi connectivity index (χ4n) is 1.39. The third-order valence-corrected chi connectivity index (χ3v) is 3.17. The maximum absolute atomic E-state index is 5.16. The lowest BCUT2D eigenvalue weighted by Crippen LogP contribution is -2.12. The summed E-state index contributed by atoms with van der Waals surface area (Å²) >= 11 is 1.89. The molecule has 0 aliphatic rings. The van der Waals surface area contributed by atoms with Gasteiger partial charge >= 0.3 is 0 Å². The molecule has 0 bridgehead atoms. The molecule has 0 heterocycles. The lowest BCUT2D eigenvalue weighted by molar-refractivity contribution is 0.859. The molecule has 0 unspecified atom stereocenters. The quantitative estimate of drug-likeness (QED) is 0.468. The highest BCUT2D eigenvalue weighted by molar-refractivity contribution is 8.00. The van der Waals surface area contributed by atoms with E-state index in [9.17, 15) is 0 Å². The molecule has 0 saturated heterocycles. The molecule has 0 saturated carbocycles. The van der Waals surface area contributed by atoms with Crippen LogP contribution in [0.3, 0.4) is 0 Å². The number of nitrogens with one attached hydrogen (secondary N) is 1. The molecule has 2 heteroatoms. The Morgan fingerprint density at radius 2 is 2.18 bits per heavy atom. The standard InChI is InChI=1S/C15H19NS/c1-4-11-16-12-7-9-14-8-5-6-10-15(14)17-13(2)3/h1,5-10,13,16H,11-12H2,2-3H3/b9-7+. The van der Waals surface area contributed by atoms with Gasteiger partial charge in [-0.1, -0.05) is 50.1 Å². The Bertz CT molecular complexity index is 402. The second-order valence-electron chi connectivity index (χ2n) is 3.94. The summed E-state index contributed by atoms with van der Waals surface area (Å²) in [5.74, 6) is 2.55. The van der Waals surface area contributed by atoms with E-state index in [-0.39, 0.29) is 0 Å². The third kappa shape index (κ3) is 5.63. The van der Waals surface area contributed by atoms with Crippen molar-refractivity contribution in [3.8, 4) is 12.3 Å². The van der Waals surface area contributed by atoms with E-state index in [0.29, 0.717) is 11.8 Å². The Labute approximate surface area is 109 Å². The van der Waals surface area contributed by atoms with E-state index in [1.807, 2.05) is 11.8 Å². The Kier molecular flexibility index (Phi) is 6.54. The number of thioether (sulfide) groups is 1. The van der Waals surface area contributed by atoms with Crippen LogP contribution in [0.5, 0.6) is 0 Å². The fraction of sp³-hybridized carbons (Fsp3) is 0.333. The number of terminal acetylenes is 1. The van der Waals surface area contributed by atoms with Crippen molar-refractivity contribution in [3.63, 3.8) is 0 Å². The predicted octanol–water partition coefficient (Wildman–Crippen LogP) is 3.42.